The van der Waals surface area contributed by atoms with Gasteiger partial charge in [0.25, 0.3) is 0 Å². The van der Waals surface area contributed by atoms with Gasteiger partial charge in [-0.2, -0.15) is 0 Å². The number of carbonyl (C=O) groups excluding carboxylic acids is 2. The average Bonchev–Trinajstić information content (AvgIpc) is 3.17. The monoisotopic (exact) mass is 413 g/mol. The second kappa shape index (κ2) is 11.0. The van der Waals surface area contributed by atoms with Crippen LogP contribution in [0.1, 0.15) is 50.2 Å². The van der Waals surface area contributed by atoms with Crippen molar-refractivity contribution in [3.63, 3.8) is 0 Å². The second-order valence-electron chi connectivity index (χ2n) is 8.21. The van der Waals surface area contributed by atoms with Gasteiger partial charge < -0.3 is 20.4 Å². The van der Waals surface area contributed by atoms with E-state index in [1.54, 1.807) is 7.05 Å². The first-order chi connectivity index (χ1) is 14.6. The van der Waals surface area contributed by atoms with Crippen molar-refractivity contribution >= 4 is 17.8 Å². The van der Waals surface area contributed by atoms with E-state index in [-0.39, 0.29) is 11.8 Å². The summed E-state index contributed by atoms with van der Waals surface area (Å²) in [6, 6.07) is 8.43. The van der Waals surface area contributed by atoms with Gasteiger partial charge in [0, 0.05) is 52.6 Å². The van der Waals surface area contributed by atoms with Crippen molar-refractivity contribution < 1.29 is 9.59 Å². The van der Waals surface area contributed by atoms with Gasteiger partial charge in [-0.25, -0.2) is 4.99 Å². The molecule has 0 spiro atoms. The minimum Gasteiger partial charge on any atom is -0.359 e. The zero-order valence-electron chi connectivity index (χ0n) is 18.3. The van der Waals surface area contributed by atoms with E-state index in [4.69, 9.17) is 4.99 Å². The van der Waals surface area contributed by atoms with Crippen LogP contribution in [0, 0.1) is 5.92 Å². The number of likely N-dealkylation sites (tertiary alicyclic amines) is 2. The van der Waals surface area contributed by atoms with E-state index in [0.717, 1.165) is 57.0 Å². The first-order valence-electron chi connectivity index (χ1n) is 11.2. The number of nitrogens with zero attached hydrogens (tertiary/aromatic N) is 3. The first-order valence-corrected chi connectivity index (χ1v) is 11.2. The Morgan fingerprint density at radius 2 is 1.83 bits per heavy atom. The summed E-state index contributed by atoms with van der Waals surface area (Å²) in [5.74, 6) is 1.80. The number of benzene rings is 1. The van der Waals surface area contributed by atoms with E-state index in [0.29, 0.717) is 31.8 Å². The zero-order valence-corrected chi connectivity index (χ0v) is 18.3. The van der Waals surface area contributed by atoms with Gasteiger partial charge in [-0.05, 0) is 43.2 Å². The predicted molar refractivity (Wildman–Crippen MR) is 119 cm³/mol. The molecule has 0 aliphatic carbocycles. The van der Waals surface area contributed by atoms with Gasteiger partial charge >= 0.3 is 0 Å². The van der Waals surface area contributed by atoms with Crippen molar-refractivity contribution in [2.45, 2.75) is 52.1 Å². The molecule has 0 radical (unpaired) electrons. The third-order valence-corrected chi connectivity index (χ3v) is 5.98. The highest BCUT2D eigenvalue weighted by molar-refractivity contribution is 5.80. The van der Waals surface area contributed by atoms with Gasteiger partial charge in [0.1, 0.15) is 0 Å². The highest BCUT2D eigenvalue weighted by atomic mass is 16.2. The van der Waals surface area contributed by atoms with E-state index in [9.17, 15) is 9.59 Å². The first kappa shape index (κ1) is 22.1. The number of rotatable bonds is 7. The molecule has 0 aromatic heterocycles. The van der Waals surface area contributed by atoms with Crippen molar-refractivity contribution in [3.8, 4) is 0 Å². The van der Waals surface area contributed by atoms with Crippen molar-refractivity contribution in [1.29, 1.82) is 0 Å². The highest BCUT2D eigenvalue weighted by Gasteiger charge is 2.23. The molecule has 0 bridgehead atoms. The molecular weight excluding hydrogens is 378 g/mol. The Morgan fingerprint density at radius 3 is 2.43 bits per heavy atom. The summed E-state index contributed by atoms with van der Waals surface area (Å²) in [5.41, 5.74) is 2.33. The standard InChI is InChI=1S/C23H35N5O2/c1-3-25-23(27-13-10-18(11-14-27)15-21(29)24-2)26-16-19-6-8-20(9-7-19)17-28-12-4-5-22(28)30/h6-9,18H,3-5,10-17H2,1-2H3,(H,24,29)(H,25,26). The summed E-state index contributed by atoms with van der Waals surface area (Å²) in [6.45, 7) is 6.98. The fourth-order valence-corrected chi connectivity index (χ4v) is 4.15. The number of piperidine rings is 1. The van der Waals surface area contributed by atoms with E-state index in [1.807, 2.05) is 4.90 Å². The maximum atomic E-state index is 11.8. The molecule has 2 aliphatic rings. The van der Waals surface area contributed by atoms with E-state index in [2.05, 4.69) is 46.7 Å². The summed E-state index contributed by atoms with van der Waals surface area (Å²) in [7, 11) is 1.70. The maximum absolute atomic E-state index is 11.8. The quantitative estimate of drug-likeness (QED) is 0.530. The lowest BCUT2D eigenvalue weighted by molar-refractivity contribution is -0.128. The molecule has 2 saturated heterocycles. The summed E-state index contributed by atoms with van der Waals surface area (Å²) in [4.78, 5) is 32.5. The third kappa shape index (κ3) is 6.21. The molecule has 2 aliphatic heterocycles. The van der Waals surface area contributed by atoms with Crippen LogP contribution in [0.2, 0.25) is 0 Å². The van der Waals surface area contributed by atoms with Crippen molar-refractivity contribution in [2.24, 2.45) is 10.9 Å². The molecule has 2 amide bonds. The van der Waals surface area contributed by atoms with Crippen LogP contribution in [0.25, 0.3) is 0 Å². The number of guanidine groups is 1. The van der Waals surface area contributed by atoms with Gasteiger partial charge in [0.05, 0.1) is 6.54 Å². The zero-order chi connectivity index (χ0) is 21.3. The number of carbonyl (C=O) groups is 2. The van der Waals surface area contributed by atoms with Crippen LogP contribution in [0.4, 0.5) is 0 Å². The molecular formula is C23H35N5O2. The summed E-state index contributed by atoms with van der Waals surface area (Å²) in [5, 5.41) is 6.13. The largest absolute Gasteiger partial charge is 0.359 e. The number of nitrogens with one attached hydrogen (secondary N) is 2. The SMILES string of the molecule is CCNC(=NCc1ccc(CN2CCCC2=O)cc1)N1CCC(CC(=O)NC)CC1. The number of aliphatic imine (C=N–C) groups is 1. The van der Waals surface area contributed by atoms with Crippen molar-refractivity contribution in [2.75, 3.05) is 33.2 Å². The Labute approximate surface area is 179 Å². The molecule has 7 nitrogen and oxygen atoms in total. The van der Waals surface area contributed by atoms with Crippen LogP contribution < -0.4 is 10.6 Å². The number of hydrogen-bond acceptors (Lipinski definition) is 3. The third-order valence-electron chi connectivity index (χ3n) is 5.98. The lowest BCUT2D eigenvalue weighted by Gasteiger charge is -2.34. The molecule has 2 N–H and O–H groups in total. The Hall–Kier alpha value is -2.57. The molecule has 2 fully saturated rings. The maximum Gasteiger partial charge on any atom is 0.222 e. The predicted octanol–water partition coefficient (Wildman–Crippen LogP) is 2.12. The smallest absolute Gasteiger partial charge is 0.222 e. The molecule has 1 aromatic rings. The topological polar surface area (TPSA) is 77.0 Å². The molecule has 0 saturated carbocycles. The molecule has 164 valence electrons. The summed E-state index contributed by atoms with van der Waals surface area (Å²) < 4.78 is 0. The van der Waals surface area contributed by atoms with Gasteiger partial charge in [-0.3, -0.25) is 9.59 Å². The molecule has 7 heteroatoms. The molecule has 1 aromatic carbocycles. The second-order valence-corrected chi connectivity index (χ2v) is 8.21. The Morgan fingerprint density at radius 1 is 1.13 bits per heavy atom. The van der Waals surface area contributed by atoms with E-state index in [1.165, 1.54) is 5.56 Å². The molecule has 0 atom stereocenters. The van der Waals surface area contributed by atoms with Gasteiger partial charge in [-0.1, -0.05) is 24.3 Å². The average molecular weight is 414 g/mol. The van der Waals surface area contributed by atoms with Crippen LogP contribution in [0.3, 0.4) is 0 Å². The van der Waals surface area contributed by atoms with Crippen LogP contribution in [0.15, 0.2) is 29.3 Å². The van der Waals surface area contributed by atoms with Crippen LogP contribution in [-0.4, -0.2) is 60.8 Å². The Bertz CT molecular complexity index is 738. The fourth-order valence-electron chi connectivity index (χ4n) is 4.15. The molecule has 0 unspecified atom stereocenters. The lowest BCUT2D eigenvalue weighted by Crippen LogP contribution is -2.46. The van der Waals surface area contributed by atoms with Crippen LogP contribution in [0.5, 0.6) is 0 Å². The highest BCUT2D eigenvalue weighted by Crippen LogP contribution is 2.21. The van der Waals surface area contributed by atoms with Crippen LogP contribution >= 0.6 is 0 Å². The molecule has 3 rings (SSSR count). The van der Waals surface area contributed by atoms with Crippen LogP contribution in [-0.2, 0) is 22.7 Å². The van der Waals surface area contributed by atoms with Gasteiger partial charge in [0.15, 0.2) is 5.96 Å². The summed E-state index contributed by atoms with van der Waals surface area (Å²) in [6.07, 6.45) is 4.31. The molecule has 2 heterocycles. The van der Waals surface area contributed by atoms with Gasteiger partial charge in [0.2, 0.25) is 11.8 Å². The summed E-state index contributed by atoms with van der Waals surface area (Å²) >= 11 is 0. The Kier molecular flexibility index (Phi) is 8.11. The minimum absolute atomic E-state index is 0.131. The minimum atomic E-state index is 0.131. The van der Waals surface area contributed by atoms with Gasteiger partial charge in [-0.15, -0.1) is 0 Å². The fraction of sp³-hybridized carbons (Fsp3) is 0.609. The number of amides is 2. The van der Waals surface area contributed by atoms with E-state index >= 15 is 0 Å². The molecule has 30 heavy (non-hydrogen) atoms. The van der Waals surface area contributed by atoms with Crippen molar-refractivity contribution in [3.05, 3.63) is 35.4 Å². The van der Waals surface area contributed by atoms with E-state index < -0.39 is 0 Å². The number of hydrogen-bond donors (Lipinski definition) is 2. The van der Waals surface area contributed by atoms with Crippen molar-refractivity contribution in [1.82, 2.24) is 20.4 Å². The Balaban J connectivity index is 1.53. The lowest BCUT2D eigenvalue weighted by atomic mass is 9.93. The normalized spacial score (nSPS) is 18.1.